The van der Waals surface area contributed by atoms with Crippen molar-refractivity contribution in [2.24, 2.45) is 0 Å². The van der Waals surface area contributed by atoms with Crippen molar-refractivity contribution in [3.8, 4) is 0 Å². The fourth-order valence-electron chi connectivity index (χ4n) is 0.938. The van der Waals surface area contributed by atoms with Gasteiger partial charge in [0, 0.05) is 0 Å². The van der Waals surface area contributed by atoms with Crippen LogP contribution in [-0.4, -0.2) is 13.0 Å². The second kappa shape index (κ2) is 5.68. The zero-order chi connectivity index (χ0) is 9.90. The Labute approximate surface area is 106 Å². The summed E-state index contributed by atoms with van der Waals surface area (Å²) < 4.78 is 31.6. The van der Waals surface area contributed by atoms with Crippen molar-refractivity contribution < 1.29 is 42.5 Å². The van der Waals surface area contributed by atoms with Crippen LogP contribution in [0.3, 0.4) is 0 Å². The predicted octanol–water partition coefficient (Wildman–Crippen LogP) is -1.37. The summed E-state index contributed by atoms with van der Waals surface area (Å²) in [6.07, 6.45) is 3.65. The van der Waals surface area contributed by atoms with Crippen molar-refractivity contribution in [2.45, 2.75) is 11.8 Å². The van der Waals surface area contributed by atoms with Crippen LogP contribution in [0, 0.1) is 0 Å². The van der Waals surface area contributed by atoms with Gasteiger partial charge in [0.2, 0.25) is 0 Å². The molecule has 0 saturated carbocycles. The normalized spacial score (nSPS) is 11.3. The summed E-state index contributed by atoms with van der Waals surface area (Å²) in [5.41, 5.74) is 0.870. The Morgan fingerprint density at radius 1 is 1.21 bits per heavy atom. The summed E-state index contributed by atoms with van der Waals surface area (Å²) in [4.78, 5) is -0.194. The van der Waals surface area contributed by atoms with Crippen LogP contribution in [0.4, 0.5) is 0 Å². The van der Waals surface area contributed by atoms with Gasteiger partial charge in [0.25, 0.3) is 0 Å². The third-order valence-corrected chi connectivity index (χ3v) is 2.38. The molecule has 0 amide bonds. The van der Waals surface area contributed by atoms with E-state index in [-0.39, 0.29) is 34.5 Å². The van der Waals surface area contributed by atoms with Gasteiger partial charge in [0.15, 0.2) is 0 Å². The molecule has 0 fully saturated rings. The van der Waals surface area contributed by atoms with Crippen molar-refractivity contribution in [3.05, 3.63) is 35.9 Å². The summed E-state index contributed by atoms with van der Waals surface area (Å²) >= 11 is 0. The van der Waals surface area contributed by atoms with E-state index in [9.17, 15) is 13.0 Å². The number of allylic oxidation sites excluding steroid dienone is 1. The number of benzene rings is 1. The minimum atomic E-state index is -4.31. The molecule has 0 aliphatic rings. The molecular weight excluding hydrogens is 211 g/mol. The molecule has 0 saturated heterocycles. The molecule has 0 N–H and O–H groups in total. The SMILES string of the molecule is CC=Cc1ccc(S(=O)(=O)[O-])cc1.[Na+]. The Morgan fingerprint density at radius 3 is 2.07 bits per heavy atom. The molecule has 1 aromatic rings. The second-order valence-electron chi connectivity index (χ2n) is 2.52. The maximum atomic E-state index is 10.5. The number of rotatable bonds is 2. The van der Waals surface area contributed by atoms with E-state index in [0.717, 1.165) is 5.56 Å². The second-order valence-corrected chi connectivity index (χ2v) is 3.90. The van der Waals surface area contributed by atoms with Gasteiger partial charge in [-0.25, -0.2) is 8.42 Å². The van der Waals surface area contributed by atoms with Crippen LogP contribution in [0.2, 0.25) is 0 Å². The zero-order valence-corrected chi connectivity index (χ0v) is 10.9. The van der Waals surface area contributed by atoms with Crippen LogP contribution in [0.5, 0.6) is 0 Å². The molecule has 0 heterocycles. The molecule has 3 nitrogen and oxygen atoms in total. The summed E-state index contributed by atoms with van der Waals surface area (Å²) in [7, 11) is -4.31. The molecular formula is C9H9NaO3S. The van der Waals surface area contributed by atoms with Crippen LogP contribution < -0.4 is 29.6 Å². The van der Waals surface area contributed by atoms with E-state index in [1.54, 1.807) is 12.1 Å². The Balaban J connectivity index is 0.00000169. The van der Waals surface area contributed by atoms with Crippen LogP contribution in [0.15, 0.2) is 35.2 Å². The summed E-state index contributed by atoms with van der Waals surface area (Å²) in [5, 5.41) is 0. The Morgan fingerprint density at radius 2 is 1.71 bits per heavy atom. The molecule has 14 heavy (non-hydrogen) atoms. The van der Waals surface area contributed by atoms with Crippen LogP contribution >= 0.6 is 0 Å². The van der Waals surface area contributed by atoms with Crippen molar-refractivity contribution in [2.75, 3.05) is 0 Å². The molecule has 1 aromatic carbocycles. The van der Waals surface area contributed by atoms with Crippen molar-refractivity contribution in [3.63, 3.8) is 0 Å². The van der Waals surface area contributed by atoms with Gasteiger partial charge in [-0.05, 0) is 24.6 Å². The molecule has 0 spiro atoms. The number of hydrogen-bond acceptors (Lipinski definition) is 3. The maximum absolute atomic E-state index is 10.5. The van der Waals surface area contributed by atoms with E-state index in [4.69, 9.17) is 0 Å². The minimum absolute atomic E-state index is 0. The molecule has 0 aliphatic heterocycles. The van der Waals surface area contributed by atoms with E-state index < -0.39 is 10.1 Å². The van der Waals surface area contributed by atoms with Crippen LogP contribution in [-0.2, 0) is 10.1 Å². The fourth-order valence-corrected chi connectivity index (χ4v) is 1.41. The molecule has 0 bridgehead atoms. The largest absolute Gasteiger partial charge is 1.00 e. The molecule has 1 rings (SSSR count). The van der Waals surface area contributed by atoms with E-state index >= 15 is 0 Å². The van der Waals surface area contributed by atoms with Gasteiger partial charge < -0.3 is 4.55 Å². The standard InChI is InChI=1S/C9H10O3S.Na/c1-2-3-8-4-6-9(7-5-8)13(10,11)12;/h2-7H,1H3,(H,10,11,12);/q;+1/p-1. The first-order valence-electron chi connectivity index (χ1n) is 3.72. The van der Waals surface area contributed by atoms with Crippen LogP contribution in [0.25, 0.3) is 6.08 Å². The Hall–Kier alpha value is -0.130. The zero-order valence-electron chi connectivity index (χ0n) is 8.10. The summed E-state index contributed by atoms with van der Waals surface area (Å²) in [6.45, 7) is 1.86. The summed E-state index contributed by atoms with van der Waals surface area (Å²) in [6, 6.07) is 5.78. The average Bonchev–Trinajstić information content (AvgIpc) is 2.04. The van der Waals surface area contributed by atoms with Gasteiger partial charge >= 0.3 is 29.6 Å². The predicted molar refractivity (Wildman–Crippen MR) is 49.1 cm³/mol. The molecule has 70 valence electrons. The van der Waals surface area contributed by atoms with Crippen LogP contribution in [0.1, 0.15) is 12.5 Å². The van der Waals surface area contributed by atoms with E-state index in [1.165, 1.54) is 12.1 Å². The molecule has 0 aliphatic carbocycles. The van der Waals surface area contributed by atoms with Gasteiger partial charge in [-0.3, -0.25) is 0 Å². The third-order valence-electron chi connectivity index (χ3n) is 1.53. The molecule has 0 atom stereocenters. The first-order chi connectivity index (χ1) is 6.04. The Bertz CT molecular complexity index is 406. The first kappa shape index (κ1) is 13.9. The Kier molecular flexibility index (Phi) is 5.63. The third kappa shape index (κ3) is 3.94. The number of hydrogen-bond donors (Lipinski definition) is 0. The monoisotopic (exact) mass is 220 g/mol. The molecule has 0 unspecified atom stereocenters. The quantitative estimate of drug-likeness (QED) is 0.456. The fraction of sp³-hybridized carbons (Fsp3) is 0.111. The topological polar surface area (TPSA) is 57.2 Å². The van der Waals surface area contributed by atoms with Gasteiger partial charge in [-0.15, -0.1) is 0 Å². The van der Waals surface area contributed by atoms with E-state index in [1.807, 2.05) is 19.1 Å². The molecule has 0 aromatic heterocycles. The van der Waals surface area contributed by atoms with Gasteiger partial charge in [-0.1, -0.05) is 24.3 Å². The van der Waals surface area contributed by atoms with Gasteiger partial charge in [-0.2, -0.15) is 0 Å². The molecule has 0 radical (unpaired) electrons. The first-order valence-corrected chi connectivity index (χ1v) is 5.13. The minimum Gasteiger partial charge on any atom is -0.744 e. The maximum Gasteiger partial charge on any atom is 1.00 e. The van der Waals surface area contributed by atoms with E-state index in [0.29, 0.717) is 0 Å². The van der Waals surface area contributed by atoms with Crippen molar-refractivity contribution in [1.82, 2.24) is 0 Å². The van der Waals surface area contributed by atoms with Crippen molar-refractivity contribution in [1.29, 1.82) is 0 Å². The van der Waals surface area contributed by atoms with Gasteiger partial charge in [0.1, 0.15) is 10.1 Å². The van der Waals surface area contributed by atoms with Gasteiger partial charge in [0.05, 0.1) is 4.90 Å². The smallest absolute Gasteiger partial charge is 0.744 e. The summed E-state index contributed by atoms with van der Waals surface area (Å²) in [5.74, 6) is 0. The average molecular weight is 220 g/mol. The van der Waals surface area contributed by atoms with E-state index in [2.05, 4.69) is 0 Å². The molecule has 5 heteroatoms. The van der Waals surface area contributed by atoms with Crippen molar-refractivity contribution >= 4 is 16.2 Å².